The highest BCUT2D eigenvalue weighted by Gasteiger charge is 2.24. The van der Waals surface area contributed by atoms with Gasteiger partial charge in [-0.1, -0.05) is 26.7 Å². The predicted molar refractivity (Wildman–Crippen MR) is 72.0 cm³/mol. The van der Waals surface area contributed by atoms with Crippen molar-refractivity contribution in [1.82, 2.24) is 4.98 Å². The molecule has 1 aromatic heterocycles. The third-order valence-corrected chi connectivity index (χ3v) is 4.38. The van der Waals surface area contributed by atoms with Crippen LogP contribution in [0.15, 0.2) is 0 Å². The van der Waals surface area contributed by atoms with Gasteiger partial charge in [0.15, 0.2) is 0 Å². The van der Waals surface area contributed by atoms with Gasteiger partial charge in [-0.3, -0.25) is 0 Å². The molecule has 1 unspecified atom stereocenters. The molecule has 92 valence electrons. The Balaban J connectivity index is 2.68. The SMILES string of the molecule is CCCCC(N)(CC)Cc1nc(C)c(C)s1. The molecule has 0 spiro atoms. The first-order valence-electron chi connectivity index (χ1n) is 6.22. The van der Waals surface area contributed by atoms with E-state index in [1.54, 1.807) is 11.3 Å². The molecule has 0 aliphatic heterocycles. The minimum absolute atomic E-state index is 0.0489. The Labute approximate surface area is 103 Å². The second kappa shape index (κ2) is 5.78. The zero-order chi connectivity index (χ0) is 12.2. The van der Waals surface area contributed by atoms with E-state index in [1.165, 1.54) is 22.7 Å². The Morgan fingerprint density at radius 2 is 2.00 bits per heavy atom. The maximum atomic E-state index is 6.44. The highest BCUT2D eigenvalue weighted by Crippen LogP contribution is 2.25. The van der Waals surface area contributed by atoms with Crippen LogP contribution < -0.4 is 5.73 Å². The fourth-order valence-corrected chi connectivity index (χ4v) is 2.92. The largest absolute Gasteiger partial charge is 0.325 e. The fraction of sp³-hybridized carbons (Fsp3) is 0.769. The summed E-state index contributed by atoms with van der Waals surface area (Å²) in [6.07, 6.45) is 5.51. The molecule has 0 fully saturated rings. The van der Waals surface area contributed by atoms with Crippen LogP contribution in [0.25, 0.3) is 0 Å². The average molecular weight is 240 g/mol. The van der Waals surface area contributed by atoms with Crippen molar-refractivity contribution in [2.75, 3.05) is 0 Å². The smallest absolute Gasteiger partial charge is 0.0949 e. The van der Waals surface area contributed by atoms with Crippen LogP contribution >= 0.6 is 11.3 Å². The Morgan fingerprint density at radius 3 is 2.44 bits per heavy atom. The Bertz CT molecular complexity index is 313. The quantitative estimate of drug-likeness (QED) is 0.825. The van der Waals surface area contributed by atoms with Crippen molar-refractivity contribution in [3.63, 3.8) is 0 Å². The van der Waals surface area contributed by atoms with Gasteiger partial charge in [-0.25, -0.2) is 4.98 Å². The Kier molecular flexibility index (Phi) is 4.93. The summed E-state index contributed by atoms with van der Waals surface area (Å²) in [5.41, 5.74) is 7.55. The van der Waals surface area contributed by atoms with Gasteiger partial charge in [0.05, 0.1) is 10.7 Å². The number of unbranched alkanes of at least 4 members (excludes halogenated alkanes) is 1. The number of nitrogens with two attached hydrogens (primary N) is 1. The fourth-order valence-electron chi connectivity index (χ4n) is 1.83. The van der Waals surface area contributed by atoms with E-state index in [4.69, 9.17) is 5.73 Å². The maximum Gasteiger partial charge on any atom is 0.0949 e. The van der Waals surface area contributed by atoms with Crippen molar-refractivity contribution >= 4 is 11.3 Å². The molecule has 1 rings (SSSR count). The van der Waals surface area contributed by atoms with E-state index in [0.717, 1.165) is 25.0 Å². The second-order valence-corrected chi connectivity index (χ2v) is 6.03. The van der Waals surface area contributed by atoms with E-state index in [-0.39, 0.29) is 5.54 Å². The molecule has 0 amide bonds. The van der Waals surface area contributed by atoms with Gasteiger partial charge in [-0.05, 0) is 26.7 Å². The van der Waals surface area contributed by atoms with Crippen LogP contribution in [-0.4, -0.2) is 10.5 Å². The summed E-state index contributed by atoms with van der Waals surface area (Å²) < 4.78 is 0. The highest BCUT2D eigenvalue weighted by molar-refractivity contribution is 7.11. The van der Waals surface area contributed by atoms with E-state index < -0.39 is 0 Å². The van der Waals surface area contributed by atoms with E-state index in [0.29, 0.717) is 0 Å². The lowest BCUT2D eigenvalue weighted by molar-refractivity contribution is 0.364. The summed E-state index contributed by atoms with van der Waals surface area (Å²) in [6, 6.07) is 0. The number of rotatable bonds is 6. The Hall–Kier alpha value is -0.410. The summed E-state index contributed by atoms with van der Waals surface area (Å²) in [5, 5.41) is 1.20. The molecule has 0 aliphatic rings. The summed E-state index contributed by atoms with van der Waals surface area (Å²) in [4.78, 5) is 5.91. The molecule has 0 bridgehead atoms. The van der Waals surface area contributed by atoms with Crippen molar-refractivity contribution in [3.05, 3.63) is 15.6 Å². The molecule has 1 aromatic rings. The van der Waals surface area contributed by atoms with Crippen LogP contribution in [0.4, 0.5) is 0 Å². The van der Waals surface area contributed by atoms with E-state index in [2.05, 4.69) is 32.7 Å². The molecule has 2 nitrogen and oxygen atoms in total. The summed E-state index contributed by atoms with van der Waals surface area (Å²) in [7, 11) is 0. The molecule has 1 atom stereocenters. The van der Waals surface area contributed by atoms with Crippen molar-refractivity contribution in [2.45, 2.75) is 65.3 Å². The van der Waals surface area contributed by atoms with Gasteiger partial charge in [-0.15, -0.1) is 11.3 Å². The summed E-state index contributed by atoms with van der Waals surface area (Å²) in [6.45, 7) is 8.61. The first-order valence-corrected chi connectivity index (χ1v) is 7.04. The number of aromatic nitrogens is 1. The van der Waals surface area contributed by atoms with Crippen LogP contribution in [0, 0.1) is 13.8 Å². The minimum atomic E-state index is -0.0489. The average Bonchev–Trinajstić information content (AvgIpc) is 2.55. The van der Waals surface area contributed by atoms with Gasteiger partial charge in [0.1, 0.15) is 0 Å². The topological polar surface area (TPSA) is 38.9 Å². The van der Waals surface area contributed by atoms with Crippen molar-refractivity contribution < 1.29 is 0 Å². The monoisotopic (exact) mass is 240 g/mol. The lowest BCUT2D eigenvalue weighted by Crippen LogP contribution is -2.41. The first-order chi connectivity index (χ1) is 7.50. The van der Waals surface area contributed by atoms with Gasteiger partial charge in [0, 0.05) is 16.8 Å². The van der Waals surface area contributed by atoms with Crippen LogP contribution in [0.1, 0.15) is 55.1 Å². The maximum absolute atomic E-state index is 6.44. The third kappa shape index (κ3) is 3.56. The number of aryl methyl sites for hydroxylation is 2. The number of hydrogen-bond donors (Lipinski definition) is 1. The van der Waals surface area contributed by atoms with Gasteiger partial charge in [-0.2, -0.15) is 0 Å². The van der Waals surface area contributed by atoms with E-state index >= 15 is 0 Å². The first kappa shape index (κ1) is 13.7. The summed E-state index contributed by atoms with van der Waals surface area (Å²) in [5.74, 6) is 0. The van der Waals surface area contributed by atoms with Gasteiger partial charge < -0.3 is 5.73 Å². The van der Waals surface area contributed by atoms with Crippen LogP contribution in [0.5, 0.6) is 0 Å². The van der Waals surface area contributed by atoms with Crippen molar-refractivity contribution in [3.8, 4) is 0 Å². The second-order valence-electron chi connectivity index (χ2n) is 4.75. The van der Waals surface area contributed by atoms with Crippen LogP contribution in [-0.2, 0) is 6.42 Å². The molecule has 0 radical (unpaired) electrons. The zero-order valence-electron chi connectivity index (χ0n) is 11.0. The molecule has 0 saturated heterocycles. The summed E-state index contributed by atoms with van der Waals surface area (Å²) >= 11 is 1.80. The highest BCUT2D eigenvalue weighted by atomic mass is 32.1. The van der Waals surface area contributed by atoms with E-state index in [1.807, 2.05) is 0 Å². The molecule has 0 aromatic carbocycles. The molecular formula is C13H24N2S. The van der Waals surface area contributed by atoms with Crippen LogP contribution in [0.2, 0.25) is 0 Å². The minimum Gasteiger partial charge on any atom is -0.325 e. The van der Waals surface area contributed by atoms with Gasteiger partial charge in [0.25, 0.3) is 0 Å². The molecule has 0 aliphatic carbocycles. The molecule has 16 heavy (non-hydrogen) atoms. The molecule has 0 saturated carbocycles. The van der Waals surface area contributed by atoms with Crippen molar-refractivity contribution in [2.24, 2.45) is 5.73 Å². The Morgan fingerprint density at radius 1 is 1.31 bits per heavy atom. The zero-order valence-corrected chi connectivity index (χ0v) is 11.8. The number of thiazole rings is 1. The molecule has 2 N–H and O–H groups in total. The van der Waals surface area contributed by atoms with Gasteiger partial charge >= 0.3 is 0 Å². The normalized spacial score (nSPS) is 15.1. The number of hydrogen-bond acceptors (Lipinski definition) is 3. The predicted octanol–water partition coefficient (Wildman–Crippen LogP) is 3.60. The standard InChI is InChI=1S/C13H24N2S/c1-5-7-8-13(14,6-2)9-12-15-10(3)11(4)16-12/h5-9,14H2,1-4H3. The van der Waals surface area contributed by atoms with Crippen LogP contribution in [0.3, 0.4) is 0 Å². The third-order valence-electron chi connectivity index (χ3n) is 3.31. The number of nitrogens with zero attached hydrogens (tertiary/aromatic N) is 1. The lowest BCUT2D eigenvalue weighted by Gasteiger charge is -2.27. The van der Waals surface area contributed by atoms with Crippen molar-refractivity contribution in [1.29, 1.82) is 0 Å². The lowest BCUT2D eigenvalue weighted by atomic mass is 9.88. The molecular weight excluding hydrogens is 216 g/mol. The molecule has 3 heteroatoms. The van der Waals surface area contributed by atoms with Gasteiger partial charge in [0.2, 0.25) is 0 Å². The molecule has 1 heterocycles. The van der Waals surface area contributed by atoms with E-state index in [9.17, 15) is 0 Å².